The Morgan fingerprint density at radius 1 is 1.13 bits per heavy atom. The lowest BCUT2D eigenvalue weighted by Crippen LogP contribution is -2.41. The van der Waals surface area contributed by atoms with Crippen LogP contribution in [-0.4, -0.2) is 34.0 Å². The fourth-order valence-corrected chi connectivity index (χ4v) is 3.35. The van der Waals surface area contributed by atoms with Crippen LogP contribution in [0, 0.1) is 19.8 Å². The molecule has 0 amide bonds. The molecule has 23 heavy (non-hydrogen) atoms. The molecule has 0 N–H and O–H groups in total. The quantitative estimate of drug-likeness (QED) is 0.802. The topological polar surface area (TPSA) is 36.3 Å². The van der Waals surface area contributed by atoms with Crippen LogP contribution in [0.5, 0.6) is 0 Å². The van der Waals surface area contributed by atoms with Crippen molar-refractivity contribution in [3.8, 4) is 0 Å². The summed E-state index contributed by atoms with van der Waals surface area (Å²) in [7, 11) is -0.461. The van der Waals surface area contributed by atoms with E-state index in [1.54, 1.807) is 0 Å². The summed E-state index contributed by atoms with van der Waals surface area (Å²) in [4.78, 5) is 0. The zero-order valence-electron chi connectivity index (χ0n) is 14.7. The highest BCUT2D eigenvalue weighted by molar-refractivity contribution is 6.63. The van der Waals surface area contributed by atoms with Crippen LogP contribution in [0.2, 0.25) is 0 Å². The van der Waals surface area contributed by atoms with E-state index >= 15 is 0 Å². The van der Waals surface area contributed by atoms with Crippen molar-refractivity contribution in [3.63, 3.8) is 0 Å². The highest BCUT2D eigenvalue weighted by Gasteiger charge is 2.53. The van der Waals surface area contributed by atoms with Crippen molar-refractivity contribution in [2.24, 2.45) is 5.92 Å². The van der Waals surface area contributed by atoms with Crippen molar-refractivity contribution in [2.75, 3.05) is 0 Å². The van der Waals surface area contributed by atoms with Crippen LogP contribution in [0.3, 0.4) is 0 Å². The molecular formula is C16H25BF2N2O2. The summed E-state index contributed by atoms with van der Waals surface area (Å²) in [5.74, 6) is -2.50. The van der Waals surface area contributed by atoms with Gasteiger partial charge in [-0.3, -0.25) is 4.68 Å². The molecular weight excluding hydrogens is 301 g/mol. The summed E-state index contributed by atoms with van der Waals surface area (Å²) in [5, 5.41) is 4.53. The van der Waals surface area contributed by atoms with E-state index < -0.39 is 24.2 Å². The number of rotatable bonds is 3. The smallest absolute Gasteiger partial charge is 0.399 e. The van der Waals surface area contributed by atoms with Crippen molar-refractivity contribution in [3.05, 3.63) is 11.4 Å². The van der Waals surface area contributed by atoms with E-state index in [0.717, 1.165) is 16.9 Å². The molecule has 0 unspecified atom stereocenters. The average Bonchev–Trinajstić information content (AvgIpc) is 2.71. The van der Waals surface area contributed by atoms with Gasteiger partial charge in [0.2, 0.25) is 5.92 Å². The summed E-state index contributed by atoms with van der Waals surface area (Å²) in [6.45, 7) is 12.5. The molecule has 1 aromatic rings. The fraction of sp³-hybridized carbons (Fsp3) is 0.812. The lowest BCUT2D eigenvalue weighted by Gasteiger charge is -2.35. The predicted octanol–water partition coefficient (Wildman–Crippen LogP) is 2.84. The lowest BCUT2D eigenvalue weighted by atomic mass is 9.77. The molecule has 0 bridgehead atoms. The molecule has 1 aliphatic carbocycles. The standard InChI is InChI=1S/C16H25BF2N2O2/c1-10-13(17-22-14(3,4)15(5,6)23-17)11(2)21(20-10)9-12-7-16(18,19)8-12/h12H,7-9H2,1-6H3. The molecule has 0 spiro atoms. The third-order valence-corrected chi connectivity index (χ3v) is 5.53. The van der Waals surface area contributed by atoms with Gasteiger partial charge in [0.25, 0.3) is 0 Å². The van der Waals surface area contributed by atoms with Crippen molar-refractivity contribution < 1.29 is 18.1 Å². The molecule has 1 aliphatic heterocycles. The largest absolute Gasteiger partial charge is 0.498 e. The lowest BCUT2D eigenvalue weighted by molar-refractivity contribution is -0.114. The second-order valence-electron chi connectivity index (χ2n) is 7.99. The summed E-state index contributed by atoms with van der Waals surface area (Å²) in [6.07, 6.45) is -0.0889. The molecule has 1 aromatic heterocycles. The van der Waals surface area contributed by atoms with Crippen LogP contribution in [0.25, 0.3) is 0 Å². The first kappa shape index (κ1) is 16.9. The molecule has 2 aliphatic rings. The Morgan fingerprint density at radius 3 is 2.13 bits per heavy atom. The van der Waals surface area contributed by atoms with Crippen LogP contribution in [0.15, 0.2) is 0 Å². The molecule has 2 fully saturated rings. The molecule has 0 atom stereocenters. The van der Waals surface area contributed by atoms with Gasteiger partial charge in [0.1, 0.15) is 0 Å². The first-order valence-electron chi connectivity index (χ1n) is 8.19. The van der Waals surface area contributed by atoms with Crippen LogP contribution < -0.4 is 5.46 Å². The van der Waals surface area contributed by atoms with Gasteiger partial charge in [-0.2, -0.15) is 5.10 Å². The summed E-state index contributed by atoms with van der Waals surface area (Å²) >= 11 is 0. The number of halogens is 2. The van der Waals surface area contributed by atoms with Crippen LogP contribution in [-0.2, 0) is 15.9 Å². The number of hydrogen-bond donors (Lipinski definition) is 0. The molecule has 4 nitrogen and oxygen atoms in total. The molecule has 0 aromatic carbocycles. The number of alkyl halides is 2. The van der Waals surface area contributed by atoms with Gasteiger partial charge >= 0.3 is 7.12 Å². The third-order valence-electron chi connectivity index (χ3n) is 5.53. The SMILES string of the molecule is Cc1nn(CC2CC(F)(F)C2)c(C)c1B1OC(C)(C)C(C)(C)O1. The van der Waals surface area contributed by atoms with E-state index in [2.05, 4.69) is 5.10 Å². The van der Waals surface area contributed by atoms with Gasteiger partial charge in [0.15, 0.2) is 0 Å². The molecule has 3 rings (SSSR count). The van der Waals surface area contributed by atoms with Gasteiger partial charge in [-0.1, -0.05) is 0 Å². The molecule has 128 valence electrons. The van der Waals surface area contributed by atoms with Crippen molar-refractivity contribution in [1.29, 1.82) is 0 Å². The Kier molecular flexibility index (Phi) is 3.69. The van der Waals surface area contributed by atoms with Gasteiger partial charge in [-0.25, -0.2) is 8.78 Å². The van der Waals surface area contributed by atoms with E-state index in [9.17, 15) is 8.78 Å². The minimum atomic E-state index is -2.49. The number of aromatic nitrogens is 2. The van der Waals surface area contributed by atoms with Gasteiger partial charge < -0.3 is 9.31 Å². The summed E-state index contributed by atoms with van der Waals surface area (Å²) in [5.41, 5.74) is 1.89. The van der Waals surface area contributed by atoms with Crippen LogP contribution in [0.1, 0.15) is 51.9 Å². The molecule has 1 saturated heterocycles. The van der Waals surface area contributed by atoms with E-state index in [-0.39, 0.29) is 18.8 Å². The second-order valence-corrected chi connectivity index (χ2v) is 7.99. The number of nitrogens with zero attached hydrogens (tertiary/aromatic N) is 2. The highest BCUT2D eigenvalue weighted by Crippen LogP contribution is 2.43. The number of aryl methyl sites for hydroxylation is 1. The van der Waals surface area contributed by atoms with E-state index in [4.69, 9.17) is 9.31 Å². The van der Waals surface area contributed by atoms with Crippen molar-refractivity contribution in [1.82, 2.24) is 9.78 Å². The molecule has 0 radical (unpaired) electrons. The first-order chi connectivity index (χ1) is 10.4. The van der Waals surface area contributed by atoms with Gasteiger partial charge in [-0.05, 0) is 47.5 Å². The van der Waals surface area contributed by atoms with Crippen LogP contribution >= 0.6 is 0 Å². The normalized spacial score (nSPS) is 25.7. The molecule has 2 heterocycles. The zero-order chi connectivity index (χ0) is 17.2. The van der Waals surface area contributed by atoms with Crippen molar-refractivity contribution in [2.45, 2.75) is 78.1 Å². The minimum Gasteiger partial charge on any atom is -0.399 e. The summed E-state index contributed by atoms with van der Waals surface area (Å²) in [6, 6.07) is 0. The van der Waals surface area contributed by atoms with E-state index in [1.165, 1.54) is 0 Å². The molecule has 7 heteroatoms. The Labute approximate surface area is 136 Å². The third kappa shape index (κ3) is 2.82. The van der Waals surface area contributed by atoms with Crippen LogP contribution in [0.4, 0.5) is 8.78 Å². The summed E-state index contributed by atoms with van der Waals surface area (Å²) < 4.78 is 40.1. The first-order valence-corrected chi connectivity index (χ1v) is 8.19. The Bertz CT molecular complexity index is 604. The fourth-order valence-electron chi connectivity index (χ4n) is 3.35. The second kappa shape index (κ2) is 5.02. The monoisotopic (exact) mass is 326 g/mol. The van der Waals surface area contributed by atoms with Crippen molar-refractivity contribution >= 4 is 12.6 Å². The highest BCUT2D eigenvalue weighted by atomic mass is 19.3. The Morgan fingerprint density at radius 2 is 1.65 bits per heavy atom. The minimum absolute atomic E-state index is 0.00542. The average molecular weight is 326 g/mol. The van der Waals surface area contributed by atoms with E-state index in [0.29, 0.717) is 6.54 Å². The van der Waals surface area contributed by atoms with Gasteiger partial charge in [0.05, 0.1) is 16.9 Å². The maximum absolute atomic E-state index is 13.0. The van der Waals surface area contributed by atoms with E-state index in [1.807, 2.05) is 46.2 Å². The Balaban J connectivity index is 1.80. The molecule has 1 saturated carbocycles. The zero-order valence-corrected chi connectivity index (χ0v) is 14.7. The predicted molar refractivity (Wildman–Crippen MR) is 85.1 cm³/mol. The van der Waals surface area contributed by atoms with Gasteiger partial charge in [0, 0.05) is 30.5 Å². The number of hydrogen-bond acceptors (Lipinski definition) is 3. The maximum Gasteiger partial charge on any atom is 0.498 e. The maximum atomic E-state index is 13.0. The van der Waals surface area contributed by atoms with Gasteiger partial charge in [-0.15, -0.1) is 0 Å². The Hall–Kier alpha value is -0.945.